The molecule has 0 aliphatic carbocycles. The molecule has 122 valence electrons. The summed E-state index contributed by atoms with van der Waals surface area (Å²) >= 11 is 3.33. The number of nitrogens with one attached hydrogen (secondary N) is 1. The monoisotopic (exact) mass is 388 g/mol. The van der Waals surface area contributed by atoms with Crippen LogP contribution in [0.3, 0.4) is 0 Å². The minimum atomic E-state index is -0.755. The van der Waals surface area contributed by atoms with E-state index in [2.05, 4.69) is 21.2 Å². The Morgan fingerprint density at radius 1 is 1.17 bits per heavy atom. The number of furan rings is 1. The summed E-state index contributed by atoms with van der Waals surface area (Å²) < 4.78 is 11.7. The van der Waals surface area contributed by atoms with E-state index >= 15 is 0 Å². The predicted molar refractivity (Wildman–Crippen MR) is 93.0 cm³/mol. The van der Waals surface area contributed by atoms with Crippen LogP contribution in [0.25, 0.3) is 11.0 Å². The summed E-state index contributed by atoms with van der Waals surface area (Å²) in [5.74, 6) is -0.725. The number of amides is 2. The van der Waals surface area contributed by atoms with Gasteiger partial charge >= 0.3 is 0 Å². The maximum Gasteiger partial charge on any atom is 0.286 e. The van der Waals surface area contributed by atoms with Gasteiger partial charge in [0.05, 0.1) is 0 Å². The van der Waals surface area contributed by atoms with E-state index in [-0.39, 0.29) is 18.1 Å². The highest BCUT2D eigenvalue weighted by Gasteiger charge is 2.20. The molecule has 0 saturated carbocycles. The van der Waals surface area contributed by atoms with Gasteiger partial charge in [-0.05, 0) is 30.3 Å². The van der Waals surface area contributed by atoms with Crippen LogP contribution in [0.4, 0.5) is 5.69 Å². The van der Waals surface area contributed by atoms with Crippen LogP contribution in [0.15, 0.2) is 57.4 Å². The van der Waals surface area contributed by atoms with Crippen molar-refractivity contribution in [3.05, 3.63) is 58.8 Å². The highest BCUT2D eigenvalue weighted by Crippen LogP contribution is 2.30. The van der Waals surface area contributed by atoms with Crippen LogP contribution in [-0.4, -0.2) is 18.4 Å². The normalized spacial score (nSPS) is 10.5. The summed E-state index contributed by atoms with van der Waals surface area (Å²) in [5, 5.41) is 3.23. The van der Waals surface area contributed by atoms with Gasteiger partial charge in [0, 0.05) is 9.86 Å². The fraction of sp³-hybridized carbons (Fsp3) is 0.0588. The second-order valence-corrected chi connectivity index (χ2v) is 5.88. The standard InChI is InChI=1S/C17H13BrN2O4/c18-10-4-3-5-11(8-10)23-9-14(21)20-15-12-6-1-2-7-13(12)24-16(15)17(19)22/h1-8H,9H2,(H2,19,22)(H,20,21). The first-order valence-electron chi connectivity index (χ1n) is 7.04. The molecule has 3 aromatic rings. The molecule has 0 radical (unpaired) electrons. The lowest BCUT2D eigenvalue weighted by Crippen LogP contribution is -2.22. The van der Waals surface area contributed by atoms with Crippen molar-refractivity contribution in [3.63, 3.8) is 0 Å². The minimum absolute atomic E-state index is 0.0907. The van der Waals surface area contributed by atoms with E-state index in [9.17, 15) is 9.59 Å². The number of para-hydroxylation sites is 1. The lowest BCUT2D eigenvalue weighted by atomic mass is 10.2. The highest BCUT2D eigenvalue weighted by atomic mass is 79.9. The molecule has 0 spiro atoms. The zero-order chi connectivity index (χ0) is 17.1. The molecular weight excluding hydrogens is 376 g/mol. The first kappa shape index (κ1) is 16.1. The van der Waals surface area contributed by atoms with Gasteiger partial charge in [0.1, 0.15) is 17.0 Å². The van der Waals surface area contributed by atoms with Crippen LogP contribution >= 0.6 is 15.9 Å². The Morgan fingerprint density at radius 2 is 1.96 bits per heavy atom. The van der Waals surface area contributed by atoms with Gasteiger partial charge in [0.2, 0.25) is 5.76 Å². The van der Waals surface area contributed by atoms with Crippen molar-refractivity contribution in [2.24, 2.45) is 5.73 Å². The maximum atomic E-state index is 12.1. The SMILES string of the molecule is NC(=O)c1oc2ccccc2c1NC(=O)COc1cccc(Br)c1. The van der Waals surface area contributed by atoms with Crippen molar-refractivity contribution in [1.29, 1.82) is 0 Å². The molecular formula is C17H13BrN2O4. The molecule has 2 amide bonds. The van der Waals surface area contributed by atoms with Crippen molar-refractivity contribution < 1.29 is 18.7 Å². The molecule has 0 bridgehead atoms. The van der Waals surface area contributed by atoms with Gasteiger partial charge in [-0.1, -0.05) is 34.1 Å². The summed E-state index contributed by atoms with van der Waals surface area (Å²) in [6.45, 7) is -0.214. The van der Waals surface area contributed by atoms with Gasteiger partial charge in [0.15, 0.2) is 6.61 Å². The molecule has 1 aromatic heterocycles. The maximum absolute atomic E-state index is 12.1. The van der Waals surface area contributed by atoms with Crippen molar-refractivity contribution >= 4 is 44.4 Å². The molecule has 0 saturated heterocycles. The molecule has 0 aliphatic rings. The van der Waals surface area contributed by atoms with Gasteiger partial charge in [-0.25, -0.2) is 0 Å². The number of ether oxygens (including phenoxy) is 1. The zero-order valence-electron chi connectivity index (χ0n) is 12.4. The fourth-order valence-electron chi connectivity index (χ4n) is 2.22. The second-order valence-electron chi connectivity index (χ2n) is 4.96. The van der Waals surface area contributed by atoms with Crippen molar-refractivity contribution in [2.75, 3.05) is 11.9 Å². The fourth-order valence-corrected chi connectivity index (χ4v) is 2.60. The Bertz CT molecular complexity index is 920. The van der Waals surface area contributed by atoms with Crippen molar-refractivity contribution in [1.82, 2.24) is 0 Å². The number of halogens is 1. The van der Waals surface area contributed by atoms with Crippen molar-refractivity contribution in [3.8, 4) is 5.75 Å². The number of rotatable bonds is 5. The zero-order valence-corrected chi connectivity index (χ0v) is 14.0. The third-order valence-corrected chi connectivity index (χ3v) is 3.74. The van der Waals surface area contributed by atoms with Gasteiger partial charge in [-0.15, -0.1) is 0 Å². The van der Waals surface area contributed by atoms with Gasteiger partial charge in [-0.3, -0.25) is 9.59 Å². The Morgan fingerprint density at radius 3 is 2.71 bits per heavy atom. The highest BCUT2D eigenvalue weighted by molar-refractivity contribution is 9.10. The Balaban J connectivity index is 1.78. The van der Waals surface area contributed by atoms with E-state index in [1.165, 1.54) is 0 Å². The molecule has 0 unspecified atom stereocenters. The average molecular weight is 389 g/mol. The number of carbonyl (C=O) groups excluding carboxylic acids is 2. The number of anilines is 1. The summed E-state index contributed by atoms with van der Waals surface area (Å²) in [4.78, 5) is 23.7. The third-order valence-electron chi connectivity index (χ3n) is 3.25. The average Bonchev–Trinajstić information content (AvgIpc) is 2.92. The Labute approximate surface area is 145 Å². The molecule has 0 atom stereocenters. The van der Waals surface area contributed by atoms with E-state index in [0.29, 0.717) is 16.7 Å². The van der Waals surface area contributed by atoms with E-state index in [1.54, 1.807) is 42.5 Å². The molecule has 24 heavy (non-hydrogen) atoms. The van der Waals surface area contributed by atoms with E-state index < -0.39 is 11.8 Å². The van der Waals surface area contributed by atoms with Crippen LogP contribution in [0, 0.1) is 0 Å². The van der Waals surface area contributed by atoms with E-state index in [0.717, 1.165) is 4.47 Å². The number of hydrogen-bond donors (Lipinski definition) is 2. The molecule has 6 nitrogen and oxygen atoms in total. The van der Waals surface area contributed by atoms with E-state index in [1.807, 2.05) is 6.07 Å². The lowest BCUT2D eigenvalue weighted by molar-refractivity contribution is -0.118. The van der Waals surface area contributed by atoms with Crippen molar-refractivity contribution in [2.45, 2.75) is 0 Å². The van der Waals surface area contributed by atoms with Gasteiger partial charge in [0.25, 0.3) is 11.8 Å². The third kappa shape index (κ3) is 3.41. The predicted octanol–water partition coefficient (Wildman–Crippen LogP) is 3.31. The second kappa shape index (κ2) is 6.76. The van der Waals surface area contributed by atoms with Gasteiger partial charge < -0.3 is 20.2 Å². The summed E-state index contributed by atoms with van der Waals surface area (Å²) in [6, 6.07) is 14.1. The summed E-state index contributed by atoms with van der Waals surface area (Å²) in [6.07, 6.45) is 0. The molecule has 0 aliphatic heterocycles. The molecule has 3 N–H and O–H groups in total. The number of primary amides is 1. The molecule has 0 fully saturated rings. The molecule has 7 heteroatoms. The number of hydrogen-bond acceptors (Lipinski definition) is 4. The van der Waals surface area contributed by atoms with Crippen LogP contribution in [-0.2, 0) is 4.79 Å². The van der Waals surface area contributed by atoms with Crippen LogP contribution < -0.4 is 15.8 Å². The smallest absolute Gasteiger partial charge is 0.286 e. The lowest BCUT2D eigenvalue weighted by Gasteiger charge is -2.07. The molecule has 3 rings (SSSR count). The van der Waals surface area contributed by atoms with Crippen LogP contribution in [0.1, 0.15) is 10.6 Å². The minimum Gasteiger partial charge on any atom is -0.484 e. The first-order chi connectivity index (χ1) is 11.5. The molecule has 1 heterocycles. The van der Waals surface area contributed by atoms with E-state index in [4.69, 9.17) is 14.9 Å². The quantitative estimate of drug-likeness (QED) is 0.700. The number of fused-ring (bicyclic) bond motifs is 1. The summed E-state index contributed by atoms with van der Waals surface area (Å²) in [7, 11) is 0. The van der Waals surface area contributed by atoms with Crippen LogP contribution in [0.2, 0.25) is 0 Å². The number of benzene rings is 2. The Hall–Kier alpha value is -2.80. The Kier molecular flexibility index (Phi) is 4.52. The first-order valence-corrected chi connectivity index (χ1v) is 7.83. The molecule has 2 aromatic carbocycles. The van der Waals surface area contributed by atoms with Gasteiger partial charge in [-0.2, -0.15) is 0 Å². The number of carbonyl (C=O) groups is 2. The topological polar surface area (TPSA) is 94.6 Å². The van der Waals surface area contributed by atoms with Crippen LogP contribution in [0.5, 0.6) is 5.75 Å². The number of nitrogens with two attached hydrogens (primary N) is 1. The summed E-state index contributed by atoms with van der Waals surface area (Å²) in [5.41, 5.74) is 6.03. The largest absolute Gasteiger partial charge is 0.484 e.